The normalized spacial score (nSPS) is 19.3. The van der Waals surface area contributed by atoms with Gasteiger partial charge >= 0.3 is 0 Å². The quantitative estimate of drug-likeness (QED) is 0.784. The van der Waals surface area contributed by atoms with Gasteiger partial charge in [-0.05, 0) is 31.4 Å². The van der Waals surface area contributed by atoms with Crippen molar-refractivity contribution >= 4 is 5.91 Å². The summed E-state index contributed by atoms with van der Waals surface area (Å²) in [5, 5.41) is 6.21. The second kappa shape index (κ2) is 4.66. The van der Waals surface area contributed by atoms with Crippen molar-refractivity contribution in [3.63, 3.8) is 0 Å². The van der Waals surface area contributed by atoms with Crippen LogP contribution in [0.1, 0.15) is 25.0 Å². The van der Waals surface area contributed by atoms with E-state index < -0.39 is 0 Å². The van der Waals surface area contributed by atoms with Gasteiger partial charge in [0.05, 0.1) is 6.04 Å². The molecule has 1 atom stereocenters. The zero-order valence-corrected chi connectivity index (χ0v) is 9.79. The predicted octanol–water partition coefficient (Wildman–Crippen LogP) is 1.23. The molecule has 0 radical (unpaired) electrons. The molecule has 1 aromatic carbocycles. The highest BCUT2D eigenvalue weighted by Crippen LogP contribution is 2.16. The number of rotatable bonds is 2. The first-order chi connectivity index (χ1) is 7.66. The largest absolute Gasteiger partial charge is 0.353 e. The maximum absolute atomic E-state index is 11.8. The molecule has 1 aliphatic heterocycles. The van der Waals surface area contributed by atoms with Crippen LogP contribution in [0.3, 0.4) is 0 Å². The highest BCUT2D eigenvalue weighted by atomic mass is 16.2. The number of hydrogen-bond acceptors (Lipinski definition) is 2. The molecule has 0 fully saturated rings. The van der Waals surface area contributed by atoms with Crippen molar-refractivity contribution in [3.8, 4) is 0 Å². The van der Waals surface area contributed by atoms with Gasteiger partial charge in [-0.3, -0.25) is 4.79 Å². The minimum atomic E-state index is -0.0858. The zero-order valence-electron chi connectivity index (χ0n) is 9.79. The summed E-state index contributed by atoms with van der Waals surface area (Å²) in [5.41, 5.74) is 2.58. The van der Waals surface area contributed by atoms with Crippen molar-refractivity contribution in [2.75, 3.05) is 0 Å². The third-order valence-electron chi connectivity index (χ3n) is 2.83. The molecule has 1 heterocycles. The lowest BCUT2D eigenvalue weighted by Crippen LogP contribution is -2.49. The van der Waals surface area contributed by atoms with Crippen molar-refractivity contribution in [2.24, 2.45) is 0 Å². The first-order valence-corrected chi connectivity index (χ1v) is 5.77. The van der Waals surface area contributed by atoms with Gasteiger partial charge < -0.3 is 10.6 Å². The van der Waals surface area contributed by atoms with E-state index in [4.69, 9.17) is 0 Å². The van der Waals surface area contributed by atoms with E-state index in [1.807, 2.05) is 26.0 Å². The molecule has 0 aromatic heterocycles. The van der Waals surface area contributed by atoms with Gasteiger partial charge in [-0.2, -0.15) is 0 Å². The molecule has 1 unspecified atom stereocenters. The molecule has 1 aromatic rings. The molecule has 0 saturated heterocycles. The molecular formula is C13H18N2O. The molecule has 1 aliphatic rings. The van der Waals surface area contributed by atoms with E-state index in [0.717, 1.165) is 13.0 Å². The third kappa shape index (κ3) is 2.42. The first-order valence-electron chi connectivity index (χ1n) is 5.77. The van der Waals surface area contributed by atoms with Gasteiger partial charge in [0.15, 0.2) is 0 Å². The summed E-state index contributed by atoms with van der Waals surface area (Å²) in [7, 11) is 0. The molecule has 16 heavy (non-hydrogen) atoms. The summed E-state index contributed by atoms with van der Waals surface area (Å²) in [4.78, 5) is 11.8. The van der Waals surface area contributed by atoms with E-state index in [1.165, 1.54) is 11.1 Å². The molecule has 2 N–H and O–H groups in total. The molecule has 0 aliphatic carbocycles. The molecule has 3 heteroatoms. The lowest BCUT2D eigenvalue weighted by molar-refractivity contribution is -0.123. The van der Waals surface area contributed by atoms with Crippen LogP contribution in [-0.4, -0.2) is 18.0 Å². The summed E-state index contributed by atoms with van der Waals surface area (Å²) in [6.07, 6.45) is 0.786. The minimum absolute atomic E-state index is 0.0858. The number of benzene rings is 1. The maximum Gasteiger partial charge on any atom is 0.237 e. The number of nitrogens with one attached hydrogen (secondary N) is 2. The Morgan fingerprint density at radius 3 is 2.75 bits per heavy atom. The molecule has 0 bridgehead atoms. The Balaban J connectivity index is 2.05. The van der Waals surface area contributed by atoms with Crippen molar-refractivity contribution in [3.05, 3.63) is 35.4 Å². The Kier molecular flexibility index (Phi) is 3.25. The van der Waals surface area contributed by atoms with Gasteiger partial charge in [-0.15, -0.1) is 0 Å². The molecule has 86 valence electrons. The monoisotopic (exact) mass is 218 g/mol. The van der Waals surface area contributed by atoms with Crippen LogP contribution >= 0.6 is 0 Å². The molecule has 0 spiro atoms. The second-order valence-corrected chi connectivity index (χ2v) is 4.57. The standard InChI is InChI=1S/C13H18N2O/c1-9(2)15-13(16)12-7-10-5-3-4-6-11(10)8-14-12/h3-6,9,12,14H,7-8H2,1-2H3,(H,15,16). The van der Waals surface area contributed by atoms with Crippen LogP contribution in [0.2, 0.25) is 0 Å². The fraction of sp³-hybridized carbons (Fsp3) is 0.462. The lowest BCUT2D eigenvalue weighted by Gasteiger charge is -2.26. The van der Waals surface area contributed by atoms with Crippen LogP contribution in [0.15, 0.2) is 24.3 Å². The van der Waals surface area contributed by atoms with Gasteiger partial charge in [0.1, 0.15) is 0 Å². The smallest absolute Gasteiger partial charge is 0.237 e. The highest BCUT2D eigenvalue weighted by Gasteiger charge is 2.23. The number of fused-ring (bicyclic) bond motifs is 1. The van der Waals surface area contributed by atoms with E-state index in [1.54, 1.807) is 0 Å². The summed E-state index contributed by atoms with van der Waals surface area (Å²) >= 11 is 0. The SMILES string of the molecule is CC(C)NC(=O)C1Cc2ccccc2CN1. The van der Waals surface area contributed by atoms with Gasteiger partial charge in [-0.25, -0.2) is 0 Å². The molecule has 0 saturated carbocycles. The Hall–Kier alpha value is -1.35. The fourth-order valence-corrected chi connectivity index (χ4v) is 2.02. The average Bonchev–Trinajstić information content (AvgIpc) is 2.27. The summed E-state index contributed by atoms with van der Waals surface area (Å²) in [6.45, 7) is 4.75. The zero-order chi connectivity index (χ0) is 11.5. The second-order valence-electron chi connectivity index (χ2n) is 4.57. The summed E-state index contributed by atoms with van der Waals surface area (Å²) < 4.78 is 0. The number of carbonyl (C=O) groups excluding carboxylic acids is 1. The van der Waals surface area contributed by atoms with E-state index in [2.05, 4.69) is 22.8 Å². The van der Waals surface area contributed by atoms with Gasteiger partial charge in [0.25, 0.3) is 0 Å². The van der Waals surface area contributed by atoms with Crippen LogP contribution in [-0.2, 0) is 17.8 Å². The number of amides is 1. The highest BCUT2D eigenvalue weighted by molar-refractivity contribution is 5.82. The maximum atomic E-state index is 11.8. The molecule has 3 nitrogen and oxygen atoms in total. The Morgan fingerprint density at radius 1 is 1.38 bits per heavy atom. The van der Waals surface area contributed by atoms with Crippen LogP contribution in [0.4, 0.5) is 0 Å². The average molecular weight is 218 g/mol. The van der Waals surface area contributed by atoms with E-state index in [-0.39, 0.29) is 18.0 Å². The fourth-order valence-electron chi connectivity index (χ4n) is 2.02. The topological polar surface area (TPSA) is 41.1 Å². The van der Waals surface area contributed by atoms with Gasteiger partial charge in [0, 0.05) is 12.6 Å². The Labute approximate surface area is 96.2 Å². The molecule has 1 amide bonds. The third-order valence-corrected chi connectivity index (χ3v) is 2.83. The predicted molar refractivity (Wildman–Crippen MR) is 64.1 cm³/mol. The lowest BCUT2D eigenvalue weighted by atomic mass is 9.95. The Morgan fingerprint density at radius 2 is 2.06 bits per heavy atom. The van der Waals surface area contributed by atoms with Crippen molar-refractivity contribution in [1.29, 1.82) is 0 Å². The van der Waals surface area contributed by atoms with E-state index in [9.17, 15) is 4.79 Å². The number of hydrogen-bond donors (Lipinski definition) is 2. The van der Waals surface area contributed by atoms with E-state index in [0.29, 0.717) is 0 Å². The molecule has 2 rings (SSSR count). The minimum Gasteiger partial charge on any atom is -0.353 e. The Bertz CT molecular complexity index is 387. The summed E-state index contributed by atoms with van der Waals surface area (Å²) in [6, 6.07) is 8.39. The summed E-state index contributed by atoms with van der Waals surface area (Å²) in [5.74, 6) is 0.101. The van der Waals surface area contributed by atoms with Gasteiger partial charge in [-0.1, -0.05) is 24.3 Å². The molecular weight excluding hydrogens is 200 g/mol. The first kappa shape index (κ1) is 11.1. The van der Waals surface area contributed by atoms with E-state index >= 15 is 0 Å². The van der Waals surface area contributed by atoms with Crippen LogP contribution in [0.5, 0.6) is 0 Å². The van der Waals surface area contributed by atoms with Crippen molar-refractivity contribution in [1.82, 2.24) is 10.6 Å². The van der Waals surface area contributed by atoms with Crippen LogP contribution < -0.4 is 10.6 Å². The van der Waals surface area contributed by atoms with Crippen molar-refractivity contribution in [2.45, 2.75) is 38.9 Å². The van der Waals surface area contributed by atoms with Crippen LogP contribution in [0.25, 0.3) is 0 Å². The number of carbonyl (C=O) groups is 1. The van der Waals surface area contributed by atoms with Crippen molar-refractivity contribution < 1.29 is 4.79 Å². The van der Waals surface area contributed by atoms with Gasteiger partial charge in [0.2, 0.25) is 5.91 Å². The van der Waals surface area contributed by atoms with Crippen LogP contribution in [0, 0.1) is 0 Å².